The molecule has 0 unspecified atom stereocenters. The molecule has 0 spiro atoms. The lowest BCUT2D eigenvalue weighted by atomic mass is 10.1. The van der Waals surface area contributed by atoms with Crippen LogP contribution in [-0.4, -0.2) is 47.6 Å². The molecule has 1 atom stereocenters. The van der Waals surface area contributed by atoms with Gasteiger partial charge in [-0.25, -0.2) is 0 Å². The molecule has 5 heteroatoms. The Morgan fingerprint density at radius 2 is 2.33 bits per heavy atom. The Labute approximate surface area is 108 Å². The Hall–Kier alpha value is -1.07. The van der Waals surface area contributed by atoms with E-state index >= 15 is 0 Å². The minimum absolute atomic E-state index is 0.580. The molecule has 0 aliphatic carbocycles. The summed E-state index contributed by atoms with van der Waals surface area (Å²) < 4.78 is 12.9. The van der Waals surface area contributed by atoms with Gasteiger partial charge in [-0.1, -0.05) is 0 Å². The second-order valence-corrected chi connectivity index (χ2v) is 5.15. The van der Waals surface area contributed by atoms with Crippen LogP contribution in [0, 0.1) is 0 Å². The van der Waals surface area contributed by atoms with Gasteiger partial charge in [0.2, 0.25) is 5.88 Å². The normalized spacial score (nSPS) is 24.9. The first-order valence-corrected chi connectivity index (χ1v) is 6.70. The molecule has 0 amide bonds. The minimum atomic E-state index is 0.580. The van der Waals surface area contributed by atoms with Crippen molar-refractivity contribution in [2.75, 3.05) is 26.9 Å². The summed E-state index contributed by atoms with van der Waals surface area (Å²) in [4.78, 5) is 2.54. The molecule has 3 heterocycles. The SMILES string of the molecule is COc1nn(C)c2c1CCCN([C@@H]1CCOC1)C2. The van der Waals surface area contributed by atoms with Crippen molar-refractivity contribution in [1.29, 1.82) is 0 Å². The lowest BCUT2D eigenvalue weighted by Crippen LogP contribution is -2.35. The minimum Gasteiger partial charge on any atom is -0.480 e. The standard InChI is InChI=1S/C13H21N3O2/c1-15-12-8-16(10-5-7-18-9-10)6-3-4-11(12)13(14-15)17-2/h10H,3-9H2,1-2H3/t10-/m1/s1. The molecule has 0 radical (unpaired) electrons. The van der Waals surface area contributed by atoms with Crippen LogP contribution in [0.15, 0.2) is 0 Å². The van der Waals surface area contributed by atoms with Crippen molar-refractivity contribution in [1.82, 2.24) is 14.7 Å². The monoisotopic (exact) mass is 251 g/mol. The van der Waals surface area contributed by atoms with Crippen LogP contribution >= 0.6 is 0 Å². The first-order chi connectivity index (χ1) is 8.79. The van der Waals surface area contributed by atoms with E-state index in [9.17, 15) is 0 Å². The largest absolute Gasteiger partial charge is 0.480 e. The number of hydrogen-bond acceptors (Lipinski definition) is 4. The predicted octanol–water partition coefficient (Wildman–Crippen LogP) is 0.966. The van der Waals surface area contributed by atoms with Crippen molar-refractivity contribution in [3.8, 4) is 5.88 Å². The molecular formula is C13H21N3O2. The summed E-state index contributed by atoms with van der Waals surface area (Å²) in [6.07, 6.45) is 3.40. The smallest absolute Gasteiger partial charge is 0.236 e. The van der Waals surface area contributed by atoms with E-state index in [0.29, 0.717) is 6.04 Å². The summed E-state index contributed by atoms with van der Waals surface area (Å²) in [7, 11) is 3.71. The number of ether oxygens (including phenoxy) is 2. The first kappa shape index (κ1) is 12.0. The van der Waals surface area contributed by atoms with Gasteiger partial charge < -0.3 is 9.47 Å². The maximum Gasteiger partial charge on any atom is 0.236 e. The molecular weight excluding hydrogens is 230 g/mol. The van der Waals surface area contributed by atoms with E-state index in [0.717, 1.165) is 45.0 Å². The number of hydrogen-bond donors (Lipinski definition) is 0. The maximum atomic E-state index is 5.51. The lowest BCUT2D eigenvalue weighted by Gasteiger charge is -2.26. The van der Waals surface area contributed by atoms with Gasteiger partial charge in [0.05, 0.1) is 19.4 Å². The highest BCUT2D eigenvalue weighted by atomic mass is 16.5. The van der Waals surface area contributed by atoms with Crippen LogP contribution < -0.4 is 4.74 Å². The molecule has 0 bridgehead atoms. The number of rotatable bonds is 2. The van der Waals surface area contributed by atoms with E-state index in [1.54, 1.807) is 7.11 Å². The summed E-state index contributed by atoms with van der Waals surface area (Å²) in [5.41, 5.74) is 2.60. The van der Waals surface area contributed by atoms with E-state index in [1.165, 1.54) is 17.7 Å². The molecule has 18 heavy (non-hydrogen) atoms. The highest BCUT2D eigenvalue weighted by molar-refractivity contribution is 5.32. The van der Waals surface area contributed by atoms with Crippen LogP contribution in [0.1, 0.15) is 24.1 Å². The van der Waals surface area contributed by atoms with Gasteiger partial charge in [-0.2, -0.15) is 0 Å². The van der Waals surface area contributed by atoms with Gasteiger partial charge in [0.1, 0.15) is 0 Å². The van der Waals surface area contributed by atoms with Gasteiger partial charge in [0.15, 0.2) is 0 Å². The third kappa shape index (κ3) is 2.01. The zero-order valence-electron chi connectivity index (χ0n) is 11.2. The molecule has 0 aromatic carbocycles. The fraction of sp³-hybridized carbons (Fsp3) is 0.769. The van der Waals surface area contributed by atoms with Gasteiger partial charge in [-0.3, -0.25) is 9.58 Å². The molecule has 0 saturated carbocycles. The Morgan fingerprint density at radius 3 is 3.06 bits per heavy atom. The Balaban J connectivity index is 1.85. The summed E-state index contributed by atoms with van der Waals surface area (Å²) in [6, 6.07) is 0.580. The van der Waals surface area contributed by atoms with Crippen molar-refractivity contribution in [3.63, 3.8) is 0 Å². The summed E-state index contributed by atoms with van der Waals surface area (Å²) in [5.74, 6) is 0.803. The van der Waals surface area contributed by atoms with Gasteiger partial charge in [0.25, 0.3) is 0 Å². The van der Waals surface area contributed by atoms with Crippen molar-refractivity contribution in [3.05, 3.63) is 11.3 Å². The number of fused-ring (bicyclic) bond motifs is 1. The van der Waals surface area contributed by atoms with Crippen molar-refractivity contribution in [2.24, 2.45) is 7.05 Å². The molecule has 1 aromatic heterocycles. The molecule has 5 nitrogen and oxygen atoms in total. The topological polar surface area (TPSA) is 39.5 Å². The average Bonchev–Trinajstić information content (AvgIpc) is 2.93. The number of methoxy groups -OCH3 is 1. The lowest BCUT2D eigenvalue weighted by molar-refractivity contribution is 0.138. The van der Waals surface area contributed by atoms with Gasteiger partial charge in [-0.15, -0.1) is 5.10 Å². The van der Waals surface area contributed by atoms with Crippen molar-refractivity contribution >= 4 is 0 Å². The van der Waals surface area contributed by atoms with E-state index in [-0.39, 0.29) is 0 Å². The summed E-state index contributed by atoms with van der Waals surface area (Å²) in [5, 5.41) is 4.45. The highest BCUT2D eigenvalue weighted by Gasteiger charge is 2.28. The zero-order valence-corrected chi connectivity index (χ0v) is 11.2. The van der Waals surface area contributed by atoms with Crippen LogP contribution in [0.2, 0.25) is 0 Å². The summed E-state index contributed by atoms with van der Waals surface area (Å²) >= 11 is 0. The Bertz CT molecular complexity index is 424. The molecule has 3 rings (SSSR count). The number of aromatic nitrogens is 2. The fourth-order valence-electron chi connectivity index (χ4n) is 3.04. The second kappa shape index (κ2) is 4.90. The van der Waals surface area contributed by atoms with E-state index in [2.05, 4.69) is 10.00 Å². The second-order valence-electron chi connectivity index (χ2n) is 5.15. The molecule has 0 N–H and O–H groups in total. The summed E-state index contributed by atoms with van der Waals surface area (Å²) in [6.45, 7) is 3.90. The maximum absolute atomic E-state index is 5.51. The van der Waals surface area contributed by atoms with Crippen molar-refractivity contribution < 1.29 is 9.47 Å². The number of nitrogens with zero attached hydrogens (tertiary/aromatic N) is 3. The van der Waals surface area contributed by atoms with Crippen LogP contribution in [0.4, 0.5) is 0 Å². The highest BCUT2D eigenvalue weighted by Crippen LogP contribution is 2.28. The first-order valence-electron chi connectivity index (χ1n) is 6.70. The van der Waals surface area contributed by atoms with E-state index in [4.69, 9.17) is 9.47 Å². The van der Waals surface area contributed by atoms with Crippen LogP contribution in [-0.2, 0) is 24.8 Å². The molecule has 2 aliphatic heterocycles. The molecule has 2 aliphatic rings. The fourth-order valence-corrected chi connectivity index (χ4v) is 3.04. The van der Waals surface area contributed by atoms with Gasteiger partial charge in [0, 0.05) is 31.8 Å². The van der Waals surface area contributed by atoms with Crippen LogP contribution in [0.25, 0.3) is 0 Å². The van der Waals surface area contributed by atoms with Gasteiger partial charge in [-0.05, 0) is 25.8 Å². The van der Waals surface area contributed by atoms with Crippen LogP contribution in [0.3, 0.4) is 0 Å². The molecule has 1 saturated heterocycles. The third-order valence-corrected chi connectivity index (χ3v) is 4.08. The van der Waals surface area contributed by atoms with Crippen LogP contribution in [0.5, 0.6) is 5.88 Å². The third-order valence-electron chi connectivity index (χ3n) is 4.08. The molecule has 1 fully saturated rings. The molecule has 1 aromatic rings. The van der Waals surface area contributed by atoms with E-state index < -0.39 is 0 Å². The predicted molar refractivity (Wildman–Crippen MR) is 67.7 cm³/mol. The average molecular weight is 251 g/mol. The number of aryl methyl sites for hydroxylation is 1. The zero-order chi connectivity index (χ0) is 12.5. The van der Waals surface area contributed by atoms with Gasteiger partial charge >= 0.3 is 0 Å². The van der Waals surface area contributed by atoms with E-state index in [1.807, 2.05) is 11.7 Å². The quantitative estimate of drug-likeness (QED) is 0.785. The Morgan fingerprint density at radius 1 is 1.44 bits per heavy atom. The van der Waals surface area contributed by atoms with Crippen molar-refractivity contribution in [2.45, 2.75) is 31.8 Å². The molecule has 100 valence electrons. The Kier molecular flexibility index (Phi) is 3.26.